The third kappa shape index (κ3) is 3.97. The monoisotopic (exact) mass is 311 g/mol. The van der Waals surface area contributed by atoms with Gasteiger partial charge in [-0.25, -0.2) is 15.0 Å². The predicted molar refractivity (Wildman–Crippen MR) is 93.9 cm³/mol. The van der Waals surface area contributed by atoms with E-state index in [1.165, 1.54) is 19.3 Å². The summed E-state index contributed by atoms with van der Waals surface area (Å²) in [5, 5.41) is 3.11. The van der Waals surface area contributed by atoms with E-state index in [1.807, 2.05) is 20.0 Å². The van der Waals surface area contributed by atoms with Gasteiger partial charge >= 0.3 is 0 Å². The number of rotatable bonds is 5. The minimum atomic E-state index is 0.540. The van der Waals surface area contributed by atoms with Crippen molar-refractivity contribution in [1.82, 2.24) is 15.0 Å². The van der Waals surface area contributed by atoms with E-state index in [9.17, 15) is 0 Å². The van der Waals surface area contributed by atoms with Crippen molar-refractivity contribution in [3.63, 3.8) is 0 Å². The van der Waals surface area contributed by atoms with Gasteiger partial charge in [-0.1, -0.05) is 6.07 Å². The molecule has 2 aromatic rings. The molecule has 0 aliphatic carbocycles. The van der Waals surface area contributed by atoms with E-state index in [2.05, 4.69) is 43.4 Å². The molecule has 1 atom stereocenters. The summed E-state index contributed by atoms with van der Waals surface area (Å²) in [4.78, 5) is 15.8. The van der Waals surface area contributed by atoms with Crippen LogP contribution in [0.25, 0.3) is 0 Å². The molecule has 1 aliphatic rings. The molecule has 3 heterocycles. The van der Waals surface area contributed by atoms with Gasteiger partial charge in [0.1, 0.15) is 18.0 Å². The molecule has 1 aliphatic heterocycles. The summed E-state index contributed by atoms with van der Waals surface area (Å²) in [6.45, 7) is 3.11. The van der Waals surface area contributed by atoms with Crippen LogP contribution in [-0.4, -0.2) is 34.6 Å². The second-order valence-corrected chi connectivity index (χ2v) is 6.16. The summed E-state index contributed by atoms with van der Waals surface area (Å²) >= 11 is 0. The van der Waals surface area contributed by atoms with Crippen LogP contribution >= 0.6 is 0 Å². The highest BCUT2D eigenvalue weighted by Gasteiger charge is 2.23. The Kier molecular flexibility index (Phi) is 5.05. The summed E-state index contributed by atoms with van der Waals surface area (Å²) < 4.78 is 0. The fourth-order valence-corrected chi connectivity index (χ4v) is 3.27. The molecule has 3 rings (SSSR count). The topological polar surface area (TPSA) is 53.9 Å². The van der Waals surface area contributed by atoms with Crippen molar-refractivity contribution in [3.8, 4) is 0 Å². The fraction of sp³-hybridized carbons (Fsp3) is 0.500. The average Bonchev–Trinajstić information content (AvgIpc) is 2.60. The second-order valence-electron chi connectivity index (χ2n) is 6.16. The number of nitrogens with zero attached hydrogens (tertiary/aromatic N) is 4. The zero-order valence-corrected chi connectivity index (χ0v) is 14.0. The first-order chi connectivity index (χ1) is 11.3. The van der Waals surface area contributed by atoms with Gasteiger partial charge in [0.15, 0.2) is 0 Å². The van der Waals surface area contributed by atoms with Crippen LogP contribution in [0.1, 0.15) is 37.1 Å². The van der Waals surface area contributed by atoms with Gasteiger partial charge < -0.3 is 10.2 Å². The highest BCUT2D eigenvalue weighted by molar-refractivity contribution is 5.40. The predicted octanol–water partition coefficient (Wildman–Crippen LogP) is 3.21. The smallest absolute Gasteiger partial charge is 0.132 e. The molecule has 0 saturated carbocycles. The first-order valence-corrected chi connectivity index (χ1v) is 8.45. The molecule has 2 aromatic heterocycles. The quantitative estimate of drug-likeness (QED) is 0.919. The molecule has 0 radical (unpaired) electrons. The first-order valence-electron chi connectivity index (χ1n) is 8.45. The van der Waals surface area contributed by atoms with Crippen molar-refractivity contribution in [2.45, 2.75) is 45.1 Å². The van der Waals surface area contributed by atoms with E-state index in [-0.39, 0.29) is 0 Å². The standard InChI is InChI=1S/C18H25N5/c1-14-12-18(21-13-20-14)23-11-4-3-7-16(23)10-9-15-6-5-8-17(19-2)22-15/h5-6,8,12-13,16H,3-4,7,9-11H2,1-2H3,(H,19,22)/t16-/m0/s1. The van der Waals surface area contributed by atoms with Crippen LogP contribution in [0.4, 0.5) is 11.6 Å². The molecule has 1 N–H and O–H groups in total. The number of hydrogen-bond donors (Lipinski definition) is 1. The van der Waals surface area contributed by atoms with Crippen molar-refractivity contribution in [2.75, 3.05) is 23.8 Å². The molecule has 1 fully saturated rings. The summed E-state index contributed by atoms with van der Waals surface area (Å²) in [7, 11) is 1.91. The van der Waals surface area contributed by atoms with E-state index < -0.39 is 0 Å². The fourth-order valence-electron chi connectivity index (χ4n) is 3.27. The van der Waals surface area contributed by atoms with Crippen molar-refractivity contribution >= 4 is 11.6 Å². The molecule has 5 nitrogen and oxygen atoms in total. The van der Waals surface area contributed by atoms with E-state index >= 15 is 0 Å². The second kappa shape index (κ2) is 7.40. The SMILES string of the molecule is CNc1cccc(CC[C@@H]2CCCCN2c2cc(C)ncn2)n1. The summed E-state index contributed by atoms with van der Waals surface area (Å²) in [5.74, 6) is 2.01. The summed E-state index contributed by atoms with van der Waals surface area (Å²) in [6, 6.07) is 8.82. The van der Waals surface area contributed by atoms with Gasteiger partial charge in [-0.2, -0.15) is 0 Å². The minimum Gasteiger partial charge on any atom is -0.373 e. The number of nitrogens with one attached hydrogen (secondary N) is 1. The number of piperidine rings is 1. The van der Waals surface area contributed by atoms with Gasteiger partial charge in [0.05, 0.1) is 0 Å². The molecular weight excluding hydrogens is 286 g/mol. The molecular formula is C18H25N5. The number of aromatic nitrogens is 3. The molecule has 0 aromatic carbocycles. The molecule has 1 saturated heterocycles. The third-order valence-electron chi connectivity index (χ3n) is 4.51. The Morgan fingerprint density at radius 1 is 1.26 bits per heavy atom. The highest BCUT2D eigenvalue weighted by Crippen LogP contribution is 2.26. The average molecular weight is 311 g/mol. The number of pyridine rings is 1. The van der Waals surface area contributed by atoms with E-state index in [4.69, 9.17) is 0 Å². The van der Waals surface area contributed by atoms with E-state index in [1.54, 1.807) is 6.33 Å². The van der Waals surface area contributed by atoms with Gasteiger partial charge in [-0.15, -0.1) is 0 Å². The van der Waals surface area contributed by atoms with Crippen molar-refractivity contribution < 1.29 is 0 Å². The molecule has 0 amide bonds. The number of hydrogen-bond acceptors (Lipinski definition) is 5. The Bertz CT molecular complexity index is 643. The summed E-state index contributed by atoms with van der Waals surface area (Å²) in [5.41, 5.74) is 2.18. The first kappa shape index (κ1) is 15.7. The van der Waals surface area contributed by atoms with Crippen LogP contribution in [0.3, 0.4) is 0 Å². The van der Waals surface area contributed by atoms with Crippen LogP contribution in [0.2, 0.25) is 0 Å². The maximum atomic E-state index is 4.63. The Morgan fingerprint density at radius 2 is 2.17 bits per heavy atom. The van der Waals surface area contributed by atoms with Crippen LogP contribution in [0.5, 0.6) is 0 Å². The van der Waals surface area contributed by atoms with Crippen LogP contribution in [0, 0.1) is 6.92 Å². The van der Waals surface area contributed by atoms with Gasteiger partial charge in [-0.3, -0.25) is 0 Å². The Hall–Kier alpha value is -2.17. The molecule has 23 heavy (non-hydrogen) atoms. The van der Waals surface area contributed by atoms with Crippen molar-refractivity contribution in [3.05, 3.63) is 42.0 Å². The lowest BCUT2D eigenvalue weighted by atomic mass is 9.97. The Labute approximate surface area is 138 Å². The molecule has 0 spiro atoms. The van der Waals surface area contributed by atoms with Crippen LogP contribution in [-0.2, 0) is 6.42 Å². The van der Waals surface area contributed by atoms with Gasteiger partial charge in [0.25, 0.3) is 0 Å². The zero-order valence-electron chi connectivity index (χ0n) is 14.0. The van der Waals surface area contributed by atoms with Gasteiger partial charge in [0.2, 0.25) is 0 Å². The molecule has 0 unspecified atom stereocenters. The lowest BCUT2D eigenvalue weighted by molar-refractivity contribution is 0.433. The lowest BCUT2D eigenvalue weighted by Gasteiger charge is -2.36. The maximum Gasteiger partial charge on any atom is 0.132 e. The van der Waals surface area contributed by atoms with Crippen LogP contribution in [0.15, 0.2) is 30.6 Å². The highest BCUT2D eigenvalue weighted by atomic mass is 15.2. The van der Waals surface area contributed by atoms with Crippen molar-refractivity contribution in [2.24, 2.45) is 0 Å². The lowest BCUT2D eigenvalue weighted by Crippen LogP contribution is -2.40. The Morgan fingerprint density at radius 3 is 3.00 bits per heavy atom. The maximum absolute atomic E-state index is 4.63. The molecule has 122 valence electrons. The largest absolute Gasteiger partial charge is 0.373 e. The number of anilines is 2. The van der Waals surface area contributed by atoms with Gasteiger partial charge in [-0.05, 0) is 51.2 Å². The molecule has 5 heteroatoms. The van der Waals surface area contributed by atoms with Crippen LogP contribution < -0.4 is 10.2 Å². The summed E-state index contributed by atoms with van der Waals surface area (Å²) in [6.07, 6.45) is 7.56. The van der Waals surface area contributed by atoms with Crippen molar-refractivity contribution in [1.29, 1.82) is 0 Å². The minimum absolute atomic E-state index is 0.540. The van der Waals surface area contributed by atoms with E-state index in [0.29, 0.717) is 6.04 Å². The number of aryl methyl sites for hydroxylation is 2. The third-order valence-corrected chi connectivity index (χ3v) is 4.51. The van der Waals surface area contributed by atoms with Gasteiger partial charge in [0, 0.05) is 37.1 Å². The normalized spacial score (nSPS) is 18.0. The zero-order chi connectivity index (χ0) is 16.1. The molecule has 0 bridgehead atoms. The Balaban J connectivity index is 1.69. The van der Waals surface area contributed by atoms with E-state index in [0.717, 1.165) is 42.4 Å².